The number of nitrogens with zero attached hydrogens (tertiary/aromatic N) is 1. The first kappa shape index (κ1) is 26.0. The third-order valence-electron chi connectivity index (χ3n) is 5.48. The standard InChI is InChI=1S/C27H38N2O2S/c1-5-7-14-28-27(31)25(6-2)29(15-13-23-11-9-8-10-12-23)26(30)20-32-19-24-17-21(3)16-22(4)18-24/h8-12,16-18,25H,5-7,13-15,19-20H2,1-4H3,(H,28,31). The smallest absolute Gasteiger partial charge is 0.242 e. The highest BCUT2D eigenvalue weighted by Crippen LogP contribution is 2.18. The molecule has 0 fully saturated rings. The summed E-state index contributed by atoms with van der Waals surface area (Å²) < 4.78 is 0. The van der Waals surface area contributed by atoms with Gasteiger partial charge in [-0.15, -0.1) is 11.8 Å². The van der Waals surface area contributed by atoms with Gasteiger partial charge in [0.1, 0.15) is 6.04 Å². The molecule has 0 heterocycles. The third kappa shape index (κ3) is 8.70. The van der Waals surface area contributed by atoms with Crippen molar-refractivity contribution in [1.29, 1.82) is 0 Å². The average Bonchev–Trinajstić information content (AvgIpc) is 2.76. The molecule has 0 radical (unpaired) electrons. The molecule has 2 rings (SSSR count). The van der Waals surface area contributed by atoms with E-state index in [1.54, 1.807) is 16.7 Å². The predicted molar refractivity (Wildman–Crippen MR) is 136 cm³/mol. The zero-order valence-electron chi connectivity index (χ0n) is 20.0. The topological polar surface area (TPSA) is 49.4 Å². The van der Waals surface area contributed by atoms with Crippen LogP contribution in [0.5, 0.6) is 0 Å². The van der Waals surface area contributed by atoms with Crippen LogP contribution in [0.3, 0.4) is 0 Å². The van der Waals surface area contributed by atoms with Gasteiger partial charge in [-0.1, -0.05) is 79.9 Å². The van der Waals surface area contributed by atoms with Crippen LogP contribution in [0.25, 0.3) is 0 Å². The lowest BCUT2D eigenvalue weighted by atomic mass is 10.1. The highest BCUT2D eigenvalue weighted by molar-refractivity contribution is 7.99. The Bertz CT molecular complexity index is 834. The molecule has 174 valence electrons. The predicted octanol–water partition coefficient (Wildman–Crippen LogP) is 5.30. The molecular formula is C27H38N2O2S. The first-order chi connectivity index (χ1) is 15.4. The molecule has 2 amide bonds. The second-order valence-electron chi connectivity index (χ2n) is 8.38. The van der Waals surface area contributed by atoms with Crippen LogP contribution in [0.2, 0.25) is 0 Å². The molecule has 5 heteroatoms. The lowest BCUT2D eigenvalue weighted by molar-refractivity contribution is -0.138. The number of carbonyl (C=O) groups excluding carboxylic acids is 2. The van der Waals surface area contributed by atoms with Gasteiger partial charge in [0.25, 0.3) is 0 Å². The van der Waals surface area contributed by atoms with E-state index in [0.717, 1.165) is 25.0 Å². The summed E-state index contributed by atoms with van der Waals surface area (Å²) in [5.41, 5.74) is 4.90. The highest BCUT2D eigenvalue weighted by atomic mass is 32.2. The first-order valence-electron chi connectivity index (χ1n) is 11.7. The van der Waals surface area contributed by atoms with Crippen molar-refractivity contribution in [3.05, 3.63) is 70.8 Å². The Morgan fingerprint density at radius 3 is 2.31 bits per heavy atom. The van der Waals surface area contributed by atoms with Gasteiger partial charge in [0, 0.05) is 18.8 Å². The second kappa shape index (κ2) is 14.0. The Morgan fingerprint density at radius 2 is 1.69 bits per heavy atom. The van der Waals surface area contributed by atoms with Gasteiger partial charge >= 0.3 is 0 Å². The maximum Gasteiger partial charge on any atom is 0.242 e. The van der Waals surface area contributed by atoms with Gasteiger partial charge < -0.3 is 10.2 Å². The number of hydrogen-bond donors (Lipinski definition) is 1. The summed E-state index contributed by atoms with van der Waals surface area (Å²) in [7, 11) is 0. The Balaban J connectivity index is 2.04. The summed E-state index contributed by atoms with van der Waals surface area (Å²) in [4.78, 5) is 27.9. The number of thioether (sulfide) groups is 1. The van der Waals surface area contributed by atoms with E-state index < -0.39 is 6.04 Å². The van der Waals surface area contributed by atoms with E-state index in [0.29, 0.717) is 25.3 Å². The highest BCUT2D eigenvalue weighted by Gasteiger charge is 2.27. The molecule has 0 aliphatic rings. The van der Waals surface area contributed by atoms with Gasteiger partial charge in [-0.25, -0.2) is 0 Å². The van der Waals surface area contributed by atoms with Gasteiger partial charge in [-0.3, -0.25) is 9.59 Å². The summed E-state index contributed by atoms with van der Waals surface area (Å²) in [6.45, 7) is 9.49. The molecule has 0 aromatic heterocycles. The molecule has 0 bridgehead atoms. The van der Waals surface area contributed by atoms with Gasteiger partial charge in [0.2, 0.25) is 11.8 Å². The number of rotatable bonds is 13. The molecule has 1 N–H and O–H groups in total. The van der Waals surface area contributed by atoms with Gasteiger partial charge in [-0.2, -0.15) is 0 Å². The summed E-state index contributed by atoms with van der Waals surface area (Å²) in [6, 6.07) is 16.2. The van der Waals surface area contributed by atoms with E-state index in [1.807, 2.05) is 25.1 Å². The number of hydrogen-bond acceptors (Lipinski definition) is 3. The lowest BCUT2D eigenvalue weighted by Crippen LogP contribution is -2.50. The molecular weight excluding hydrogens is 416 g/mol. The zero-order valence-corrected chi connectivity index (χ0v) is 20.8. The van der Waals surface area contributed by atoms with Crippen molar-refractivity contribution < 1.29 is 9.59 Å². The van der Waals surface area contributed by atoms with Crippen LogP contribution in [-0.2, 0) is 21.8 Å². The average molecular weight is 455 g/mol. The summed E-state index contributed by atoms with van der Waals surface area (Å²) in [5.74, 6) is 1.16. The van der Waals surface area contributed by atoms with E-state index in [-0.39, 0.29) is 11.8 Å². The van der Waals surface area contributed by atoms with Crippen LogP contribution >= 0.6 is 11.8 Å². The molecule has 4 nitrogen and oxygen atoms in total. The maximum absolute atomic E-state index is 13.2. The minimum atomic E-state index is -0.426. The van der Waals surface area contributed by atoms with Crippen molar-refractivity contribution in [1.82, 2.24) is 10.2 Å². The minimum absolute atomic E-state index is 0.0350. The number of unbranched alkanes of at least 4 members (excludes halogenated alkanes) is 1. The van der Waals surface area contributed by atoms with Crippen LogP contribution in [0.1, 0.15) is 55.4 Å². The van der Waals surface area contributed by atoms with Gasteiger partial charge in [0.15, 0.2) is 0 Å². The van der Waals surface area contributed by atoms with E-state index in [2.05, 4.69) is 56.4 Å². The van der Waals surface area contributed by atoms with E-state index in [9.17, 15) is 9.59 Å². The van der Waals surface area contributed by atoms with Crippen molar-refractivity contribution in [3.63, 3.8) is 0 Å². The largest absolute Gasteiger partial charge is 0.354 e. The number of nitrogens with one attached hydrogen (secondary N) is 1. The molecule has 0 spiro atoms. The maximum atomic E-state index is 13.2. The van der Waals surface area contributed by atoms with Crippen molar-refractivity contribution in [2.45, 2.75) is 65.2 Å². The Hall–Kier alpha value is -2.27. The molecule has 1 atom stereocenters. The summed E-state index contributed by atoms with van der Waals surface area (Å²) >= 11 is 1.62. The van der Waals surface area contributed by atoms with Crippen LogP contribution < -0.4 is 5.32 Å². The van der Waals surface area contributed by atoms with E-state index in [1.165, 1.54) is 22.3 Å². The first-order valence-corrected chi connectivity index (χ1v) is 12.9. The number of amides is 2. The summed E-state index contributed by atoms with van der Waals surface area (Å²) in [5, 5.41) is 3.02. The molecule has 2 aromatic rings. The molecule has 0 saturated carbocycles. The Kier molecular flexibility index (Phi) is 11.4. The van der Waals surface area contributed by atoms with Crippen LogP contribution in [0.15, 0.2) is 48.5 Å². The normalized spacial score (nSPS) is 11.8. The number of carbonyl (C=O) groups is 2. The van der Waals surface area contributed by atoms with E-state index in [4.69, 9.17) is 0 Å². The van der Waals surface area contributed by atoms with E-state index >= 15 is 0 Å². The minimum Gasteiger partial charge on any atom is -0.354 e. The Labute approximate surface area is 198 Å². The monoisotopic (exact) mass is 454 g/mol. The molecule has 0 saturated heterocycles. The molecule has 0 aliphatic carbocycles. The van der Waals surface area contributed by atoms with Crippen molar-refractivity contribution >= 4 is 23.6 Å². The number of benzene rings is 2. The summed E-state index contributed by atoms with van der Waals surface area (Å²) in [6.07, 6.45) is 3.34. The van der Waals surface area contributed by atoms with Crippen LogP contribution in [0.4, 0.5) is 0 Å². The molecule has 1 unspecified atom stereocenters. The van der Waals surface area contributed by atoms with Gasteiger partial charge in [0.05, 0.1) is 5.75 Å². The third-order valence-corrected chi connectivity index (χ3v) is 6.46. The van der Waals surface area contributed by atoms with Gasteiger partial charge in [-0.05, 0) is 44.2 Å². The van der Waals surface area contributed by atoms with Crippen molar-refractivity contribution in [3.8, 4) is 0 Å². The van der Waals surface area contributed by atoms with Crippen LogP contribution in [-0.4, -0.2) is 41.6 Å². The zero-order chi connectivity index (χ0) is 23.3. The van der Waals surface area contributed by atoms with Crippen LogP contribution in [0, 0.1) is 13.8 Å². The lowest BCUT2D eigenvalue weighted by Gasteiger charge is -2.30. The fourth-order valence-corrected chi connectivity index (χ4v) is 4.74. The fraction of sp³-hybridized carbons (Fsp3) is 0.481. The quantitative estimate of drug-likeness (QED) is 0.418. The molecule has 32 heavy (non-hydrogen) atoms. The molecule has 0 aliphatic heterocycles. The van der Waals surface area contributed by atoms with Crippen molar-refractivity contribution in [2.24, 2.45) is 0 Å². The van der Waals surface area contributed by atoms with Crippen molar-refractivity contribution in [2.75, 3.05) is 18.8 Å². The second-order valence-corrected chi connectivity index (χ2v) is 9.37. The SMILES string of the molecule is CCCCNC(=O)C(CC)N(CCc1ccccc1)C(=O)CSCc1cc(C)cc(C)c1. The molecule has 2 aromatic carbocycles. The fourth-order valence-electron chi connectivity index (χ4n) is 3.89. The Morgan fingerprint density at radius 1 is 1.00 bits per heavy atom. The number of aryl methyl sites for hydroxylation is 2.